The predicted molar refractivity (Wildman–Crippen MR) is 112 cm³/mol. The highest BCUT2D eigenvalue weighted by atomic mass is 32.1. The Morgan fingerprint density at radius 2 is 2.29 bits per heavy atom. The van der Waals surface area contributed by atoms with Gasteiger partial charge in [-0.1, -0.05) is 18.2 Å². The van der Waals surface area contributed by atoms with Crippen LogP contribution in [0.4, 0.5) is 0 Å². The molecule has 1 unspecified atom stereocenters. The van der Waals surface area contributed by atoms with Gasteiger partial charge in [-0.25, -0.2) is 0 Å². The van der Waals surface area contributed by atoms with E-state index in [1.807, 2.05) is 45.2 Å². The summed E-state index contributed by atoms with van der Waals surface area (Å²) in [6, 6.07) is 12.1. The summed E-state index contributed by atoms with van der Waals surface area (Å²) in [5, 5.41) is 9.19. The number of amides is 1. The van der Waals surface area contributed by atoms with Crippen LogP contribution in [0.3, 0.4) is 0 Å². The van der Waals surface area contributed by atoms with Crippen molar-refractivity contribution in [2.75, 3.05) is 13.7 Å². The summed E-state index contributed by atoms with van der Waals surface area (Å²) < 4.78 is 7.80. The van der Waals surface area contributed by atoms with Crippen molar-refractivity contribution >= 4 is 29.5 Å². The van der Waals surface area contributed by atoms with Crippen molar-refractivity contribution in [3.63, 3.8) is 0 Å². The van der Waals surface area contributed by atoms with Crippen molar-refractivity contribution in [1.82, 2.24) is 19.7 Å². The number of H-pyrrole nitrogens is 1. The normalized spacial score (nSPS) is 16.5. The molecule has 8 heteroatoms. The van der Waals surface area contributed by atoms with E-state index < -0.39 is 0 Å². The van der Waals surface area contributed by atoms with Crippen molar-refractivity contribution in [3.8, 4) is 16.5 Å². The third kappa shape index (κ3) is 3.74. The molecule has 1 atom stereocenters. The second kappa shape index (κ2) is 8.28. The highest BCUT2D eigenvalue weighted by Gasteiger charge is 2.30. The number of hydrogen-bond acceptors (Lipinski definition) is 5. The first kappa shape index (κ1) is 18.9. The number of hydrogen-bond donors (Lipinski definition) is 1. The molecule has 0 aliphatic carbocycles. The van der Waals surface area contributed by atoms with Gasteiger partial charge in [0.05, 0.1) is 18.0 Å². The van der Waals surface area contributed by atoms with Crippen LogP contribution in [0.1, 0.15) is 30.9 Å². The zero-order valence-electron chi connectivity index (χ0n) is 15.6. The van der Waals surface area contributed by atoms with Crippen LogP contribution in [0.25, 0.3) is 10.7 Å². The Morgan fingerprint density at radius 1 is 1.39 bits per heavy atom. The van der Waals surface area contributed by atoms with Gasteiger partial charge in [0, 0.05) is 19.5 Å². The molecule has 1 amide bonds. The van der Waals surface area contributed by atoms with Gasteiger partial charge in [-0.2, -0.15) is 5.10 Å². The summed E-state index contributed by atoms with van der Waals surface area (Å²) in [6.07, 6.45) is 2.39. The van der Waals surface area contributed by atoms with Gasteiger partial charge in [0.15, 0.2) is 10.6 Å². The Hall–Kier alpha value is -2.45. The zero-order valence-corrected chi connectivity index (χ0v) is 17.3. The van der Waals surface area contributed by atoms with Crippen molar-refractivity contribution < 1.29 is 9.53 Å². The topological polar surface area (TPSA) is 63.1 Å². The molecule has 0 saturated carbocycles. The van der Waals surface area contributed by atoms with Gasteiger partial charge in [0.25, 0.3) is 0 Å². The van der Waals surface area contributed by atoms with Gasteiger partial charge in [-0.05, 0) is 54.2 Å². The minimum absolute atomic E-state index is 0.108. The molecule has 1 N–H and O–H groups in total. The third-order valence-electron chi connectivity index (χ3n) is 5.10. The van der Waals surface area contributed by atoms with Crippen molar-refractivity contribution in [1.29, 1.82) is 0 Å². The van der Waals surface area contributed by atoms with E-state index in [9.17, 15) is 4.79 Å². The molecule has 146 valence electrons. The zero-order chi connectivity index (χ0) is 19.5. The van der Waals surface area contributed by atoms with E-state index in [4.69, 9.17) is 17.0 Å². The number of benzene rings is 1. The Kier molecular flexibility index (Phi) is 5.59. The number of rotatable bonds is 6. The minimum atomic E-state index is 0.108. The van der Waals surface area contributed by atoms with E-state index in [2.05, 4.69) is 16.3 Å². The maximum atomic E-state index is 13.0. The fourth-order valence-electron chi connectivity index (χ4n) is 3.73. The number of nitrogens with zero attached hydrogens (tertiary/aromatic N) is 3. The second-order valence-electron chi connectivity index (χ2n) is 6.75. The Labute approximate surface area is 172 Å². The van der Waals surface area contributed by atoms with Crippen LogP contribution in [0.5, 0.6) is 5.75 Å². The first-order valence-corrected chi connectivity index (χ1v) is 10.6. The summed E-state index contributed by atoms with van der Waals surface area (Å²) in [4.78, 5) is 16.0. The minimum Gasteiger partial charge on any atom is -0.497 e. The number of nitrogens with one attached hydrogen (secondary N) is 1. The first-order chi connectivity index (χ1) is 13.7. The lowest BCUT2D eigenvalue weighted by atomic mass is 10.0. The van der Waals surface area contributed by atoms with Gasteiger partial charge in [-0.3, -0.25) is 14.5 Å². The average Bonchev–Trinajstić information content (AvgIpc) is 3.47. The number of thiophene rings is 1. The maximum Gasteiger partial charge on any atom is 0.224 e. The van der Waals surface area contributed by atoms with E-state index >= 15 is 0 Å². The van der Waals surface area contributed by atoms with Crippen LogP contribution >= 0.6 is 23.6 Å². The van der Waals surface area contributed by atoms with Crippen molar-refractivity contribution in [3.05, 3.63) is 52.1 Å². The van der Waals surface area contributed by atoms with Crippen molar-refractivity contribution in [2.24, 2.45) is 0 Å². The standard InChI is InChI=1S/C20H22N4O2S2/c1-26-15-6-2-5-14(13-15)16-7-3-10-23(16)18(25)9-11-24-19(21-22-20(24)27)17-8-4-12-28-17/h2,4-6,8,12-13,16H,3,7,9-11H2,1H3,(H,22,27). The number of carbonyl (C=O) groups is 1. The van der Waals surface area contributed by atoms with Gasteiger partial charge in [0.2, 0.25) is 5.91 Å². The van der Waals surface area contributed by atoms with Crippen LogP contribution in [-0.4, -0.2) is 39.2 Å². The fraction of sp³-hybridized carbons (Fsp3) is 0.350. The molecule has 0 spiro atoms. The summed E-state index contributed by atoms with van der Waals surface area (Å²) in [5.41, 5.74) is 1.13. The number of aromatic nitrogens is 3. The highest BCUT2D eigenvalue weighted by molar-refractivity contribution is 7.71. The highest BCUT2D eigenvalue weighted by Crippen LogP contribution is 2.34. The lowest BCUT2D eigenvalue weighted by molar-refractivity contribution is -0.132. The monoisotopic (exact) mass is 414 g/mol. The van der Waals surface area contributed by atoms with Crippen LogP contribution < -0.4 is 4.74 Å². The SMILES string of the molecule is COc1cccc(C2CCCN2C(=O)CCn2c(-c3cccs3)n[nH]c2=S)c1. The summed E-state index contributed by atoms with van der Waals surface area (Å²) in [6.45, 7) is 1.30. The average molecular weight is 415 g/mol. The predicted octanol–water partition coefficient (Wildman–Crippen LogP) is 4.43. The van der Waals surface area contributed by atoms with Gasteiger partial charge < -0.3 is 9.64 Å². The number of likely N-dealkylation sites (tertiary alicyclic amines) is 1. The molecular weight excluding hydrogens is 392 g/mol. The van der Waals surface area contributed by atoms with Crippen molar-refractivity contribution in [2.45, 2.75) is 31.8 Å². The second-order valence-corrected chi connectivity index (χ2v) is 8.09. The molecule has 28 heavy (non-hydrogen) atoms. The molecule has 2 aromatic heterocycles. The van der Waals surface area contributed by atoms with Gasteiger partial charge >= 0.3 is 0 Å². The molecular formula is C20H22N4O2S2. The first-order valence-electron chi connectivity index (χ1n) is 9.30. The van der Waals surface area contributed by atoms with E-state index in [0.29, 0.717) is 17.7 Å². The fourth-order valence-corrected chi connectivity index (χ4v) is 4.68. The Morgan fingerprint density at radius 3 is 3.07 bits per heavy atom. The van der Waals surface area contributed by atoms with E-state index in [-0.39, 0.29) is 11.9 Å². The van der Waals surface area contributed by atoms with E-state index in [1.165, 1.54) is 0 Å². The maximum absolute atomic E-state index is 13.0. The van der Waals surface area contributed by atoms with Crippen LogP contribution in [0, 0.1) is 4.77 Å². The summed E-state index contributed by atoms with van der Waals surface area (Å²) in [5.74, 6) is 1.76. The Bertz CT molecular complexity index is 1010. The molecule has 1 fully saturated rings. The van der Waals surface area contributed by atoms with Gasteiger partial charge in [0.1, 0.15) is 5.75 Å². The molecule has 1 saturated heterocycles. The van der Waals surface area contributed by atoms with Crippen LogP contribution in [-0.2, 0) is 11.3 Å². The molecule has 4 rings (SSSR count). The molecule has 1 aromatic carbocycles. The molecule has 0 radical (unpaired) electrons. The smallest absolute Gasteiger partial charge is 0.224 e. The number of ether oxygens (including phenoxy) is 1. The summed E-state index contributed by atoms with van der Waals surface area (Å²) in [7, 11) is 1.66. The van der Waals surface area contributed by atoms with Crippen LogP contribution in [0.2, 0.25) is 0 Å². The van der Waals surface area contributed by atoms with E-state index in [0.717, 1.165) is 41.4 Å². The number of aromatic amines is 1. The molecule has 3 heterocycles. The lowest BCUT2D eigenvalue weighted by Crippen LogP contribution is -2.31. The molecule has 6 nitrogen and oxygen atoms in total. The molecule has 1 aliphatic heterocycles. The van der Waals surface area contributed by atoms with E-state index in [1.54, 1.807) is 18.4 Å². The lowest BCUT2D eigenvalue weighted by Gasteiger charge is -2.25. The molecule has 1 aliphatic rings. The van der Waals surface area contributed by atoms with Gasteiger partial charge in [-0.15, -0.1) is 11.3 Å². The quantitative estimate of drug-likeness (QED) is 0.606. The molecule has 3 aromatic rings. The summed E-state index contributed by atoms with van der Waals surface area (Å²) >= 11 is 6.98. The largest absolute Gasteiger partial charge is 0.497 e. The number of methoxy groups -OCH3 is 1. The number of carbonyl (C=O) groups excluding carboxylic acids is 1. The third-order valence-corrected chi connectivity index (χ3v) is 6.28. The molecule has 0 bridgehead atoms. The van der Waals surface area contributed by atoms with Crippen LogP contribution in [0.15, 0.2) is 41.8 Å². The Balaban J connectivity index is 1.48.